The van der Waals surface area contributed by atoms with Crippen LogP contribution in [0.2, 0.25) is 0 Å². The van der Waals surface area contributed by atoms with Crippen molar-refractivity contribution in [3.05, 3.63) is 70.3 Å². The fraction of sp³-hybridized carbons (Fsp3) is 0.278. The summed E-state index contributed by atoms with van der Waals surface area (Å²) in [6.45, 7) is 0. The van der Waals surface area contributed by atoms with Crippen LogP contribution in [0.25, 0.3) is 0 Å². The van der Waals surface area contributed by atoms with Crippen LogP contribution in [0.3, 0.4) is 0 Å². The molecule has 0 heterocycles. The number of fused-ring (bicyclic) bond motifs is 2. The molecule has 1 aliphatic carbocycles. The van der Waals surface area contributed by atoms with Gasteiger partial charge in [-0.25, -0.2) is 8.78 Å². The summed E-state index contributed by atoms with van der Waals surface area (Å²) in [5, 5.41) is 9.12. The van der Waals surface area contributed by atoms with Crippen molar-refractivity contribution in [3.63, 3.8) is 0 Å². The second-order valence-electron chi connectivity index (χ2n) is 5.92. The molecule has 3 N–H and O–H groups in total. The molecule has 0 amide bonds. The van der Waals surface area contributed by atoms with E-state index >= 15 is 0 Å². The van der Waals surface area contributed by atoms with Gasteiger partial charge in [0.1, 0.15) is 17.7 Å². The molecule has 23 heavy (non-hydrogen) atoms. The molecule has 1 atom stereocenters. The molecule has 3 rings (SSSR count). The van der Waals surface area contributed by atoms with Crippen LogP contribution in [0.15, 0.2) is 36.4 Å². The minimum atomic E-state index is -1.08. The normalized spacial score (nSPS) is 15.4. The van der Waals surface area contributed by atoms with Gasteiger partial charge in [-0.1, -0.05) is 12.1 Å². The SMILES string of the molecule is NC(CC1c2ccc(F)cc2CCc2cc(F)ccc21)C(=O)O. The number of carboxylic acids is 1. The number of halogens is 2. The quantitative estimate of drug-likeness (QED) is 0.915. The predicted molar refractivity (Wildman–Crippen MR) is 82.3 cm³/mol. The van der Waals surface area contributed by atoms with Gasteiger partial charge in [-0.05, 0) is 65.8 Å². The van der Waals surface area contributed by atoms with Gasteiger partial charge >= 0.3 is 5.97 Å². The smallest absolute Gasteiger partial charge is 0.320 e. The maximum absolute atomic E-state index is 13.6. The topological polar surface area (TPSA) is 63.3 Å². The molecule has 0 bridgehead atoms. The largest absolute Gasteiger partial charge is 0.480 e. The van der Waals surface area contributed by atoms with E-state index in [-0.39, 0.29) is 24.0 Å². The first-order chi connectivity index (χ1) is 11.0. The van der Waals surface area contributed by atoms with Gasteiger partial charge in [0.05, 0.1) is 0 Å². The monoisotopic (exact) mass is 317 g/mol. The maximum Gasteiger partial charge on any atom is 0.320 e. The van der Waals surface area contributed by atoms with Crippen LogP contribution in [-0.4, -0.2) is 17.1 Å². The number of carbonyl (C=O) groups is 1. The number of benzene rings is 2. The molecule has 0 aliphatic heterocycles. The molecular formula is C18H17F2NO2. The fourth-order valence-corrected chi connectivity index (χ4v) is 3.31. The van der Waals surface area contributed by atoms with Crippen molar-refractivity contribution in [3.8, 4) is 0 Å². The van der Waals surface area contributed by atoms with Gasteiger partial charge in [0, 0.05) is 5.92 Å². The van der Waals surface area contributed by atoms with E-state index < -0.39 is 12.0 Å². The minimum Gasteiger partial charge on any atom is -0.480 e. The molecule has 0 saturated carbocycles. The van der Waals surface area contributed by atoms with Crippen molar-refractivity contribution in [2.75, 3.05) is 0 Å². The first kappa shape index (κ1) is 15.6. The molecule has 0 aromatic heterocycles. The Balaban J connectivity index is 2.12. The van der Waals surface area contributed by atoms with E-state index in [0.29, 0.717) is 12.8 Å². The summed E-state index contributed by atoms with van der Waals surface area (Å²) in [7, 11) is 0. The van der Waals surface area contributed by atoms with Crippen LogP contribution in [0, 0.1) is 11.6 Å². The van der Waals surface area contributed by atoms with Crippen molar-refractivity contribution < 1.29 is 18.7 Å². The van der Waals surface area contributed by atoms with Crippen molar-refractivity contribution >= 4 is 5.97 Å². The Morgan fingerprint density at radius 3 is 2.00 bits per heavy atom. The molecule has 3 nitrogen and oxygen atoms in total. The third kappa shape index (κ3) is 3.10. The summed E-state index contributed by atoms with van der Waals surface area (Å²) >= 11 is 0. The van der Waals surface area contributed by atoms with Gasteiger partial charge in [0.25, 0.3) is 0 Å². The molecule has 0 fully saturated rings. The highest BCUT2D eigenvalue weighted by molar-refractivity contribution is 5.73. The van der Waals surface area contributed by atoms with Gasteiger partial charge in [-0.2, -0.15) is 0 Å². The Bertz CT molecular complexity index is 707. The Morgan fingerprint density at radius 1 is 1.09 bits per heavy atom. The highest BCUT2D eigenvalue weighted by Crippen LogP contribution is 2.37. The highest BCUT2D eigenvalue weighted by atomic mass is 19.1. The standard InChI is InChI=1S/C18H17F2NO2/c19-12-3-5-14-10(7-12)1-2-11-8-13(20)4-6-15(11)16(14)9-17(21)18(22)23/h3-8,16-17H,1-2,9,21H2,(H,22,23). The van der Waals surface area contributed by atoms with E-state index in [1.165, 1.54) is 24.3 Å². The summed E-state index contributed by atoms with van der Waals surface area (Å²) in [6, 6.07) is 8.01. The first-order valence-electron chi connectivity index (χ1n) is 7.50. The van der Waals surface area contributed by atoms with Crippen molar-refractivity contribution in [1.29, 1.82) is 0 Å². The number of carboxylic acid groups (broad SMARTS) is 1. The summed E-state index contributed by atoms with van der Waals surface area (Å²) in [4.78, 5) is 11.1. The van der Waals surface area contributed by atoms with Gasteiger partial charge in [0.15, 0.2) is 0 Å². The summed E-state index contributed by atoms with van der Waals surface area (Å²) in [6.07, 6.45) is 1.36. The number of aliphatic carboxylic acids is 1. The fourth-order valence-electron chi connectivity index (χ4n) is 3.31. The van der Waals surface area contributed by atoms with Crippen LogP contribution in [-0.2, 0) is 17.6 Å². The van der Waals surface area contributed by atoms with E-state index in [1.54, 1.807) is 12.1 Å². The number of hydrogen-bond acceptors (Lipinski definition) is 2. The van der Waals surface area contributed by atoms with Crippen LogP contribution in [0.5, 0.6) is 0 Å². The van der Waals surface area contributed by atoms with Crippen LogP contribution >= 0.6 is 0 Å². The summed E-state index contributed by atoms with van der Waals surface area (Å²) in [5.74, 6) is -2.03. The molecular weight excluding hydrogens is 300 g/mol. The lowest BCUT2D eigenvalue weighted by Crippen LogP contribution is -2.32. The zero-order valence-corrected chi connectivity index (χ0v) is 12.4. The summed E-state index contributed by atoms with van der Waals surface area (Å²) in [5.41, 5.74) is 9.11. The van der Waals surface area contributed by atoms with E-state index in [2.05, 4.69) is 0 Å². The van der Waals surface area contributed by atoms with E-state index in [1.807, 2.05) is 0 Å². The first-order valence-corrected chi connectivity index (χ1v) is 7.50. The average molecular weight is 317 g/mol. The lowest BCUT2D eigenvalue weighted by atomic mass is 9.83. The zero-order valence-electron chi connectivity index (χ0n) is 12.4. The van der Waals surface area contributed by atoms with E-state index in [9.17, 15) is 13.6 Å². The van der Waals surface area contributed by atoms with Gasteiger partial charge in [-0.3, -0.25) is 4.79 Å². The lowest BCUT2D eigenvalue weighted by Gasteiger charge is -2.22. The lowest BCUT2D eigenvalue weighted by molar-refractivity contribution is -0.138. The molecule has 1 aliphatic rings. The van der Waals surface area contributed by atoms with Crippen LogP contribution in [0.4, 0.5) is 8.78 Å². The van der Waals surface area contributed by atoms with E-state index in [4.69, 9.17) is 10.8 Å². The Labute approximate surface area is 132 Å². The average Bonchev–Trinajstić information content (AvgIpc) is 2.64. The minimum absolute atomic E-state index is 0.187. The molecule has 2 aromatic carbocycles. The number of aryl methyl sites for hydroxylation is 2. The van der Waals surface area contributed by atoms with Crippen molar-refractivity contribution in [2.24, 2.45) is 5.73 Å². The Morgan fingerprint density at radius 2 is 1.57 bits per heavy atom. The molecule has 120 valence electrons. The third-order valence-corrected chi connectivity index (χ3v) is 4.43. The molecule has 0 spiro atoms. The van der Waals surface area contributed by atoms with Crippen molar-refractivity contribution in [2.45, 2.75) is 31.2 Å². The third-order valence-electron chi connectivity index (χ3n) is 4.43. The zero-order chi connectivity index (χ0) is 16.6. The predicted octanol–water partition coefficient (Wildman–Crippen LogP) is 3.00. The van der Waals surface area contributed by atoms with Gasteiger partial charge in [-0.15, -0.1) is 0 Å². The molecule has 0 radical (unpaired) electrons. The molecule has 1 unspecified atom stereocenters. The van der Waals surface area contributed by atoms with Gasteiger partial charge < -0.3 is 10.8 Å². The molecule has 0 saturated heterocycles. The molecule has 5 heteroatoms. The Hall–Kier alpha value is -2.27. The van der Waals surface area contributed by atoms with E-state index in [0.717, 1.165) is 22.3 Å². The van der Waals surface area contributed by atoms with Gasteiger partial charge in [0.2, 0.25) is 0 Å². The molecule has 2 aromatic rings. The maximum atomic E-state index is 13.6. The second-order valence-corrected chi connectivity index (χ2v) is 5.92. The number of nitrogens with two attached hydrogens (primary N) is 1. The Kier molecular flexibility index (Phi) is 4.13. The highest BCUT2D eigenvalue weighted by Gasteiger charge is 2.28. The van der Waals surface area contributed by atoms with Crippen LogP contribution < -0.4 is 5.73 Å². The number of rotatable bonds is 3. The second kappa shape index (κ2) is 6.08. The van der Waals surface area contributed by atoms with Crippen molar-refractivity contribution in [1.82, 2.24) is 0 Å². The summed E-state index contributed by atoms with van der Waals surface area (Å²) < 4.78 is 27.1. The number of hydrogen-bond donors (Lipinski definition) is 2. The van der Waals surface area contributed by atoms with Crippen LogP contribution in [0.1, 0.15) is 34.6 Å².